The molecule has 30 heavy (non-hydrogen) atoms. The van der Waals surface area contributed by atoms with Crippen molar-refractivity contribution in [3.8, 4) is 28.8 Å². The maximum atomic E-state index is 8.67. The number of nitrogens with zero attached hydrogens (tertiary/aromatic N) is 3. The first-order valence-corrected chi connectivity index (χ1v) is 10.9. The van der Waals surface area contributed by atoms with Crippen molar-refractivity contribution in [1.29, 1.82) is 5.26 Å². The van der Waals surface area contributed by atoms with Gasteiger partial charge >= 0.3 is 0 Å². The molecule has 4 rings (SSSR count). The zero-order valence-electron chi connectivity index (χ0n) is 17.9. The highest BCUT2D eigenvalue weighted by Gasteiger charge is 2.38. The van der Waals surface area contributed by atoms with E-state index < -0.39 is 0 Å². The molecular weight excluding hydrogens is 376 g/mol. The number of rotatable bonds is 8. The van der Waals surface area contributed by atoms with E-state index in [1.54, 1.807) is 0 Å². The van der Waals surface area contributed by atoms with E-state index in [0.29, 0.717) is 30.2 Å². The highest BCUT2D eigenvalue weighted by Crippen LogP contribution is 2.45. The molecule has 2 aromatic rings. The molecule has 1 aromatic carbocycles. The van der Waals surface area contributed by atoms with Gasteiger partial charge in [0.05, 0.1) is 12.2 Å². The maximum Gasteiger partial charge on any atom is 0.226 e. The van der Waals surface area contributed by atoms with Crippen molar-refractivity contribution in [2.24, 2.45) is 11.3 Å². The summed E-state index contributed by atoms with van der Waals surface area (Å²) < 4.78 is 11.5. The van der Waals surface area contributed by atoms with Crippen LogP contribution in [0.1, 0.15) is 52.4 Å². The van der Waals surface area contributed by atoms with Crippen LogP contribution in [0.3, 0.4) is 0 Å². The van der Waals surface area contributed by atoms with Crippen LogP contribution in [0.25, 0.3) is 11.1 Å². The summed E-state index contributed by atoms with van der Waals surface area (Å²) in [5.41, 5.74) is 2.10. The lowest BCUT2D eigenvalue weighted by Crippen LogP contribution is -2.26. The van der Waals surface area contributed by atoms with Crippen LogP contribution in [0, 0.1) is 22.7 Å². The van der Waals surface area contributed by atoms with Crippen LogP contribution in [-0.2, 0) is 0 Å². The Morgan fingerprint density at radius 3 is 2.53 bits per heavy atom. The minimum absolute atomic E-state index is 0.0374. The summed E-state index contributed by atoms with van der Waals surface area (Å²) >= 11 is 0. The largest absolute Gasteiger partial charge is 0.479 e. The smallest absolute Gasteiger partial charge is 0.226 e. The monoisotopic (exact) mass is 406 g/mol. The van der Waals surface area contributed by atoms with Crippen LogP contribution < -0.4 is 14.8 Å². The van der Waals surface area contributed by atoms with Crippen molar-refractivity contribution in [3.05, 3.63) is 30.5 Å². The molecule has 1 N–H and O–H groups in total. The molecule has 0 spiro atoms. The molecule has 6 heteroatoms. The average Bonchev–Trinajstić information content (AvgIpc) is 3.50. The van der Waals surface area contributed by atoms with Crippen LogP contribution in [0.2, 0.25) is 0 Å². The van der Waals surface area contributed by atoms with Gasteiger partial charge < -0.3 is 14.8 Å². The third kappa shape index (κ3) is 5.21. The summed E-state index contributed by atoms with van der Waals surface area (Å²) in [5, 5.41) is 12.2. The molecule has 2 aliphatic rings. The molecule has 6 nitrogen and oxygen atoms in total. The van der Waals surface area contributed by atoms with Crippen LogP contribution in [0.15, 0.2) is 30.5 Å². The number of hydrogen-bond acceptors (Lipinski definition) is 6. The van der Waals surface area contributed by atoms with Gasteiger partial charge in [-0.15, -0.1) is 0 Å². The summed E-state index contributed by atoms with van der Waals surface area (Å²) in [6, 6.07) is 10.0. The van der Waals surface area contributed by atoms with Gasteiger partial charge in [0.1, 0.15) is 11.8 Å². The molecule has 2 aliphatic carbocycles. The van der Waals surface area contributed by atoms with Crippen molar-refractivity contribution in [2.75, 3.05) is 18.5 Å². The molecule has 0 bridgehead atoms. The Hall–Kier alpha value is -2.81. The van der Waals surface area contributed by atoms with Crippen LogP contribution >= 0.6 is 0 Å². The van der Waals surface area contributed by atoms with Gasteiger partial charge in [-0.05, 0) is 62.1 Å². The van der Waals surface area contributed by atoms with Gasteiger partial charge in [0.2, 0.25) is 11.8 Å². The second kappa shape index (κ2) is 8.91. The van der Waals surface area contributed by atoms with Gasteiger partial charge in [0, 0.05) is 17.7 Å². The summed E-state index contributed by atoms with van der Waals surface area (Å²) in [7, 11) is 0. The highest BCUT2D eigenvalue weighted by atomic mass is 16.5. The van der Waals surface area contributed by atoms with E-state index in [2.05, 4.69) is 24.1 Å². The molecule has 1 heterocycles. The summed E-state index contributed by atoms with van der Waals surface area (Å²) in [6.07, 6.45) is 9.05. The minimum Gasteiger partial charge on any atom is -0.479 e. The number of nitriles is 1. The molecule has 2 fully saturated rings. The molecule has 2 saturated carbocycles. The Kier molecular flexibility index (Phi) is 6.08. The molecule has 0 saturated heterocycles. The molecule has 0 atom stereocenters. The number of aromatic nitrogens is 2. The van der Waals surface area contributed by atoms with E-state index in [1.165, 1.54) is 25.7 Å². The first-order valence-electron chi connectivity index (χ1n) is 10.9. The SMILES string of the molecule is CC1(COc2nc(N[C@H]3CC[C@H](C)CC3)ncc2-c2ccc(OCC#N)cc2)CC1. The molecular formula is C24H30N4O2. The van der Waals surface area contributed by atoms with E-state index in [1.807, 2.05) is 36.5 Å². The maximum absolute atomic E-state index is 8.67. The zero-order chi connectivity index (χ0) is 21.0. The number of ether oxygens (including phenoxy) is 2. The highest BCUT2D eigenvalue weighted by molar-refractivity contribution is 5.69. The molecule has 0 aliphatic heterocycles. The van der Waals surface area contributed by atoms with Crippen molar-refractivity contribution < 1.29 is 9.47 Å². The van der Waals surface area contributed by atoms with Crippen LogP contribution in [0.5, 0.6) is 11.6 Å². The Labute approximate surface area is 178 Å². The lowest BCUT2D eigenvalue weighted by molar-refractivity contribution is 0.239. The second-order valence-corrected chi connectivity index (χ2v) is 9.08. The molecule has 0 amide bonds. The molecule has 0 unspecified atom stereocenters. The topological polar surface area (TPSA) is 80.1 Å². The normalized spacial score (nSPS) is 22.0. The molecule has 0 radical (unpaired) electrons. The van der Waals surface area contributed by atoms with E-state index in [-0.39, 0.29) is 12.0 Å². The van der Waals surface area contributed by atoms with Gasteiger partial charge in [0.25, 0.3) is 0 Å². The second-order valence-electron chi connectivity index (χ2n) is 9.08. The van der Waals surface area contributed by atoms with Crippen molar-refractivity contribution in [3.63, 3.8) is 0 Å². The van der Waals surface area contributed by atoms with Gasteiger partial charge in [0.15, 0.2) is 6.61 Å². The van der Waals surface area contributed by atoms with Crippen molar-refractivity contribution >= 4 is 5.95 Å². The Morgan fingerprint density at radius 2 is 1.87 bits per heavy atom. The fourth-order valence-corrected chi connectivity index (χ4v) is 3.78. The summed E-state index contributed by atoms with van der Waals surface area (Å²) in [6.45, 7) is 5.27. The van der Waals surface area contributed by atoms with E-state index in [4.69, 9.17) is 19.7 Å². The van der Waals surface area contributed by atoms with Gasteiger partial charge in [-0.3, -0.25) is 0 Å². The zero-order valence-corrected chi connectivity index (χ0v) is 17.9. The van der Waals surface area contributed by atoms with Crippen LogP contribution in [-0.4, -0.2) is 29.2 Å². The summed E-state index contributed by atoms with van der Waals surface area (Å²) in [5.74, 6) is 2.74. The Morgan fingerprint density at radius 1 is 1.13 bits per heavy atom. The number of hydrogen-bond donors (Lipinski definition) is 1. The third-order valence-electron chi connectivity index (χ3n) is 6.23. The first kappa shape index (κ1) is 20.5. The number of benzene rings is 1. The lowest BCUT2D eigenvalue weighted by Gasteiger charge is -2.27. The fourth-order valence-electron chi connectivity index (χ4n) is 3.78. The number of anilines is 1. The first-order chi connectivity index (χ1) is 14.5. The third-order valence-corrected chi connectivity index (χ3v) is 6.23. The van der Waals surface area contributed by atoms with E-state index >= 15 is 0 Å². The van der Waals surface area contributed by atoms with E-state index in [9.17, 15) is 0 Å². The standard InChI is InChI=1S/C24H30N4O2/c1-17-3-7-19(8-4-17)27-23-26-15-21(22(28-23)30-16-24(2)11-12-24)18-5-9-20(10-6-18)29-14-13-25/h5-6,9-10,15,17,19H,3-4,7-8,11-12,14,16H2,1-2H3,(H,26,27,28)/t17-,19-. The Balaban J connectivity index is 1.53. The summed E-state index contributed by atoms with van der Waals surface area (Å²) in [4.78, 5) is 9.33. The van der Waals surface area contributed by atoms with Crippen LogP contribution in [0.4, 0.5) is 5.95 Å². The fraction of sp³-hybridized carbons (Fsp3) is 0.542. The molecule has 1 aromatic heterocycles. The number of nitrogens with one attached hydrogen (secondary N) is 1. The predicted molar refractivity (Wildman–Crippen MR) is 116 cm³/mol. The van der Waals surface area contributed by atoms with Gasteiger partial charge in [-0.2, -0.15) is 10.2 Å². The lowest BCUT2D eigenvalue weighted by atomic mass is 9.87. The quantitative estimate of drug-likeness (QED) is 0.648. The molecule has 158 valence electrons. The van der Waals surface area contributed by atoms with Gasteiger partial charge in [-0.25, -0.2) is 4.98 Å². The average molecular weight is 407 g/mol. The van der Waals surface area contributed by atoms with E-state index in [0.717, 1.165) is 29.9 Å². The van der Waals surface area contributed by atoms with Crippen molar-refractivity contribution in [2.45, 2.75) is 58.4 Å². The predicted octanol–water partition coefficient (Wildman–Crippen LogP) is 5.22. The van der Waals surface area contributed by atoms with Crippen molar-refractivity contribution in [1.82, 2.24) is 9.97 Å². The van der Waals surface area contributed by atoms with Gasteiger partial charge in [-0.1, -0.05) is 26.0 Å². The minimum atomic E-state index is 0.0374. The Bertz CT molecular complexity index is 894.